The monoisotopic (exact) mass is 310 g/mol. The number of aliphatic hydroxyl groups excluding tert-OH is 1. The molecule has 114 valence electrons. The van der Waals surface area contributed by atoms with Gasteiger partial charge in [0.25, 0.3) is 0 Å². The molecule has 0 spiro atoms. The Kier molecular flexibility index (Phi) is 5.20. The molecule has 1 saturated carbocycles. The van der Waals surface area contributed by atoms with Crippen molar-refractivity contribution >= 4 is 29.1 Å². The predicted molar refractivity (Wildman–Crippen MR) is 81.2 cm³/mol. The van der Waals surface area contributed by atoms with Crippen LogP contribution in [0.4, 0.5) is 5.69 Å². The Morgan fingerprint density at radius 2 is 1.86 bits per heavy atom. The van der Waals surface area contributed by atoms with Crippen molar-refractivity contribution < 1.29 is 14.7 Å². The smallest absolute Gasteiger partial charge is 0.313 e. The van der Waals surface area contributed by atoms with Crippen molar-refractivity contribution in [2.75, 3.05) is 5.32 Å². The van der Waals surface area contributed by atoms with Crippen LogP contribution in [0.2, 0.25) is 5.02 Å². The molecular formula is C15H19ClN2O3. The Balaban J connectivity index is 1.90. The maximum Gasteiger partial charge on any atom is 0.313 e. The van der Waals surface area contributed by atoms with E-state index in [1.165, 1.54) is 0 Å². The van der Waals surface area contributed by atoms with E-state index in [0.717, 1.165) is 5.56 Å². The predicted octanol–water partition coefficient (Wildman–Crippen LogP) is 2.01. The highest BCUT2D eigenvalue weighted by Crippen LogP contribution is 2.20. The third-order valence-corrected chi connectivity index (χ3v) is 3.92. The van der Waals surface area contributed by atoms with Crippen molar-refractivity contribution in [3.05, 3.63) is 28.8 Å². The average molecular weight is 311 g/mol. The maximum absolute atomic E-state index is 11.9. The van der Waals surface area contributed by atoms with Crippen molar-refractivity contribution in [3.8, 4) is 0 Å². The lowest BCUT2D eigenvalue weighted by atomic mass is 9.93. The molecular weight excluding hydrogens is 292 g/mol. The first-order chi connectivity index (χ1) is 9.95. The number of hydrogen-bond donors (Lipinski definition) is 3. The number of carbonyl (C=O) groups excluding carboxylic acids is 2. The summed E-state index contributed by atoms with van der Waals surface area (Å²) >= 11 is 5.87. The molecule has 1 fully saturated rings. The molecule has 0 heterocycles. The van der Waals surface area contributed by atoms with Crippen molar-refractivity contribution in [1.82, 2.24) is 5.32 Å². The quantitative estimate of drug-likeness (QED) is 0.731. The van der Waals surface area contributed by atoms with E-state index >= 15 is 0 Å². The number of hydrogen-bond acceptors (Lipinski definition) is 3. The second-order valence-electron chi connectivity index (χ2n) is 5.39. The van der Waals surface area contributed by atoms with Crippen molar-refractivity contribution in [2.45, 2.75) is 44.8 Å². The first kappa shape index (κ1) is 15.8. The molecule has 0 atom stereocenters. The first-order valence-electron chi connectivity index (χ1n) is 7.02. The van der Waals surface area contributed by atoms with E-state index in [4.69, 9.17) is 11.6 Å². The minimum absolute atomic E-state index is 0.0490. The zero-order chi connectivity index (χ0) is 15.4. The molecule has 1 aromatic rings. The molecule has 1 aromatic carbocycles. The molecule has 2 amide bonds. The van der Waals surface area contributed by atoms with Crippen molar-refractivity contribution in [1.29, 1.82) is 0 Å². The second-order valence-corrected chi connectivity index (χ2v) is 5.83. The Hall–Kier alpha value is -1.59. The molecule has 0 saturated heterocycles. The summed E-state index contributed by atoms with van der Waals surface area (Å²) in [6.07, 6.45) is 2.40. The summed E-state index contributed by atoms with van der Waals surface area (Å²) in [5.74, 6) is -1.36. The summed E-state index contributed by atoms with van der Waals surface area (Å²) in [6.45, 7) is 1.83. The molecule has 1 aliphatic rings. The van der Waals surface area contributed by atoms with E-state index in [1.54, 1.807) is 18.2 Å². The van der Waals surface area contributed by atoms with Gasteiger partial charge < -0.3 is 15.7 Å². The number of aliphatic hydroxyl groups is 1. The van der Waals surface area contributed by atoms with Gasteiger partial charge in [-0.05, 0) is 50.3 Å². The Morgan fingerprint density at radius 1 is 1.19 bits per heavy atom. The van der Waals surface area contributed by atoms with Crippen molar-refractivity contribution in [3.63, 3.8) is 0 Å². The molecule has 2 rings (SSSR count). The standard InChI is InChI=1S/C15H19ClN2O3/c1-9-2-3-10(16)8-13(9)18-15(21)14(20)17-11-4-6-12(19)7-5-11/h2-3,8,11-12,19H,4-7H2,1H3,(H,17,20)(H,18,21). The summed E-state index contributed by atoms with van der Waals surface area (Å²) in [4.78, 5) is 23.8. The number of carbonyl (C=O) groups is 2. The Morgan fingerprint density at radius 3 is 2.52 bits per heavy atom. The van der Waals surface area contributed by atoms with Crippen LogP contribution in [0, 0.1) is 6.92 Å². The third kappa shape index (κ3) is 4.44. The number of rotatable bonds is 2. The van der Waals surface area contributed by atoms with Gasteiger partial charge in [0.15, 0.2) is 0 Å². The van der Waals surface area contributed by atoms with Crippen LogP contribution in [0.1, 0.15) is 31.2 Å². The molecule has 21 heavy (non-hydrogen) atoms. The summed E-state index contributed by atoms with van der Waals surface area (Å²) < 4.78 is 0. The highest BCUT2D eigenvalue weighted by molar-refractivity contribution is 6.40. The van der Waals surface area contributed by atoms with E-state index in [0.29, 0.717) is 36.4 Å². The maximum atomic E-state index is 11.9. The van der Waals surface area contributed by atoms with E-state index in [1.807, 2.05) is 6.92 Å². The van der Waals surface area contributed by atoms with Crippen LogP contribution >= 0.6 is 11.6 Å². The number of amides is 2. The van der Waals surface area contributed by atoms with Gasteiger partial charge >= 0.3 is 11.8 Å². The van der Waals surface area contributed by atoms with Gasteiger partial charge in [-0.2, -0.15) is 0 Å². The largest absolute Gasteiger partial charge is 0.393 e. The summed E-state index contributed by atoms with van der Waals surface area (Å²) in [7, 11) is 0. The highest BCUT2D eigenvalue weighted by atomic mass is 35.5. The summed E-state index contributed by atoms with van der Waals surface area (Å²) in [5.41, 5.74) is 1.36. The van der Waals surface area contributed by atoms with Crippen LogP contribution in [-0.2, 0) is 9.59 Å². The topological polar surface area (TPSA) is 78.4 Å². The van der Waals surface area contributed by atoms with E-state index in [9.17, 15) is 14.7 Å². The van der Waals surface area contributed by atoms with E-state index in [-0.39, 0.29) is 12.1 Å². The van der Waals surface area contributed by atoms with Crippen LogP contribution in [0.3, 0.4) is 0 Å². The first-order valence-corrected chi connectivity index (χ1v) is 7.39. The lowest BCUT2D eigenvalue weighted by Crippen LogP contribution is -2.43. The lowest BCUT2D eigenvalue weighted by Gasteiger charge is -2.25. The number of nitrogens with one attached hydrogen (secondary N) is 2. The van der Waals surface area contributed by atoms with Gasteiger partial charge in [-0.15, -0.1) is 0 Å². The fourth-order valence-electron chi connectivity index (χ4n) is 2.38. The molecule has 0 aromatic heterocycles. The van der Waals surface area contributed by atoms with Gasteiger partial charge in [0.1, 0.15) is 0 Å². The van der Waals surface area contributed by atoms with Gasteiger partial charge in [0, 0.05) is 16.8 Å². The fourth-order valence-corrected chi connectivity index (χ4v) is 2.55. The minimum atomic E-state index is -0.702. The third-order valence-electron chi connectivity index (χ3n) is 3.69. The van der Waals surface area contributed by atoms with Gasteiger partial charge in [0.05, 0.1) is 6.10 Å². The Bertz CT molecular complexity index is 540. The van der Waals surface area contributed by atoms with Gasteiger partial charge in [-0.3, -0.25) is 9.59 Å². The second kappa shape index (κ2) is 6.91. The molecule has 6 heteroatoms. The normalized spacial score (nSPS) is 21.7. The van der Waals surface area contributed by atoms with Crippen LogP contribution in [0.25, 0.3) is 0 Å². The number of benzene rings is 1. The number of halogens is 1. The molecule has 5 nitrogen and oxygen atoms in total. The molecule has 0 bridgehead atoms. The van der Waals surface area contributed by atoms with Crippen molar-refractivity contribution in [2.24, 2.45) is 0 Å². The summed E-state index contributed by atoms with van der Waals surface area (Å²) in [5, 5.41) is 15.2. The van der Waals surface area contributed by atoms with Crippen LogP contribution in [-0.4, -0.2) is 29.1 Å². The molecule has 1 aliphatic carbocycles. The van der Waals surface area contributed by atoms with Crippen LogP contribution in [0.15, 0.2) is 18.2 Å². The van der Waals surface area contributed by atoms with Gasteiger partial charge in [-0.25, -0.2) is 0 Å². The highest BCUT2D eigenvalue weighted by Gasteiger charge is 2.23. The molecule has 0 unspecified atom stereocenters. The minimum Gasteiger partial charge on any atom is -0.393 e. The van der Waals surface area contributed by atoms with Gasteiger partial charge in [0.2, 0.25) is 0 Å². The lowest BCUT2D eigenvalue weighted by molar-refractivity contribution is -0.136. The molecule has 3 N–H and O–H groups in total. The zero-order valence-corrected chi connectivity index (χ0v) is 12.6. The zero-order valence-electron chi connectivity index (χ0n) is 11.9. The molecule has 0 aliphatic heterocycles. The summed E-state index contributed by atoms with van der Waals surface area (Å²) in [6, 6.07) is 5.06. The van der Waals surface area contributed by atoms with Gasteiger partial charge in [-0.1, -0.05) is 17.7 Å². The van der Waals surface area contributed by atoms with E-state index in [2.05, 4.69) is 10.6 Å². The average Bonchev–Trinajstić information content (AvgIpc) is 2.45. The van der Waals surface area contributed by atoms with Crippen LogP contribution in [0.5, 0.6) is 0 Å². The SMILES string of the molecule is Cc1ccc(Cl)cc1NC(=O)C(=O)NC1CCC(O)CC1. The van der Waals surface area contributed by atoms with Crippen LogP contribution < -0.4 is 10.6 Å². The number of aryl methyl sites for hydroxylation is 1. The number of anilines is 1. The Labute approximate surface area is 128 Å². The molecule has 0 radical (unpaired) electrons. The van der Waals surface area contributed by atoms with E-state index < -0.39 is 11.8 Å². The fraction of sp³-hybridized carbons (Fsp3) is 0.467.